The van der Waals surface area contributed by atoms with Gasteiger partial charge in [-0.2, -0.15) is 0 Å². The van der Waals surface area contributed by atoms with Gasteiger partial charge in [-0.25, -0.2) is 4.98 Å². The predicted octanol–water partition coefficient (Wildman–Crippen LogP) is 5.72. The molecule has 0 aliphatic heterocycles. The Balaban J connectivity index is 1.58. The summed E-state index contributed by atoms with van der Waals surface area (Å²) in [6.45, 7) is 2.92. The number of hydrogen-bond acceptors (Lipinski definition) is 4. The molecular weight excluding hydrogens is 394 g/mol. The highest BCUT2D eigenvalue weighted by molar-refractivity contribution is 5.95. The van der Waals surface area contributed by atoms with Crippen LogP contribution in [0.25, 0.3) is 44.7 Å². The second-order valence-electron chi connectivity index (χ2n) is 8.36. The van der Waals surface area contributed by atoms with E-state index in [1.165, 1.54) is 5.56 Å². The molecule has 5 heteroatoms. The van der Waals surface area contributed by atoms with Crippen LogP contribution in [0.2, 0.25) is 0 Å². The van der Waals surface area contributed by atoms with Gasteiger partial charge >= 0.3 is 0 Å². The van der Waals surface area contributed by atoms with E-state index in [9.17, 15) is 0 Å². The van der Waals surface area contributed by atoms with E-state index in [-0.39, 0.29) is 0 Å². The Morgan fingerprint density at radius 2 is 1.62 bits per heavy atom. The fourth-order valence-corrected chi connectivity index (χ4v) is 4.01. The topological polar surface area (TPSA) is 57.7 Å². The molecule has 5 aromatic rings. The molecule has 32 heavy (non-hydrogen) atoms. The summed E-state index contributed by atoms with van der Waals surface area (Å²) in [4.78, 5) is 19.5. The second-order valence-corrected chi connectivity index (χ2v) is 8.36. The van der Waals surface area contributed by atoms with E-state index in [2.05, 4.69) is 76.4 Å². The smallest absolute Gasteiger partial charge is 0.138 e. The second kappa shape index (κ2) is 8.36. The molecule has 4 aromatic heterocycles. The molecule has 5 nitrogen and oxygen atoms in total. The van der Waals surface area contributed by atoms with Gasteiger partial charge in [-0.3, -0.25) is 9.97 Å². The molecule has 0 saturated carbocycles. The number of aryl methyl sites for hydroxylation is 1. The molecule has 0 spiro atoms. The van der Waals surface area contributed by atoms with E-state index < -0.39 is 0 Å². The molecule has 4 heterocycles. The number of benzene rings is 1. The summed E-state index contributed by atoms with van der Waals surface area (Å²) in [6.07, 6.45) is 5.76. The minimum Gasteiger partial charge on any atom is -0.346 e. The molecule has 1 aromatic carbocycles. The normalized spacial score (nSPS) is 11.4. The quantitative estimate of drug-likeness (QED) is 0.396. The SMILES string of the molecule is Cc1cccc(-c2cc(-c3cncc(-c4ccc(CN(C)C)cc4)c3)c3cc[nH]c3n2)n1. The average molecular weight is 420 g/mol. The van der Waals surface area contributed by atoms with Crippen LogP contribution in [-0.4, -0.2) is 38.9 Å². The van der Waals surface area contributed by atoms with Gasteiger partial charge in [0.1, 0.15) is 5.65 Å². The van der Waals surface area contributed by atoms with Gasteiger partial charge in [0.15, 0.2) is 0 Å². The molecule has 1 N–H and O–H groups in total. The van der Waals surface area contributed by atoms with Gasteiger partial charge < -0.3 is 9.88 Å². The van der Waals surface area contributed by atoms with E-state index in [0.717, 1.165) is 56.9 Å². The van der Waals surface area contributed by atoms with Crippen molar-refractivity contribution in [3.05, 3.63) is 90.5 Å². The van der Waals surface area contributed by atoms with Crippen LogP contribution >= 0.6 is 0 Å². The molecule has 0 bridgehead atoms. The molecular formula is C27H25N5. The fourth-order valence-electron chi connectivity index (χ4n) is 4.01. The number of aromatic nitrogens is 4. The van der Waals surface area contributed by atoms with Crippen LogP contribution in [0, 0.1) is 6.92 Å². The molecule has 0 unspecified atom stereocenters. The maximum absolute atomic E-state index is 4.80. The zero-order valence-electron chi connectivity index (χ0n) is 18.5. The van der Waals surface area contributed by atoms with E-state index in [1.807, 2.05) is 43.7 Å². The first-order chi connectivity index (χ1) is 15.6. The van der Waals surface area contributed by atoms with E-state index in [0.29, 0.717) is 0 Å². The van der Waals surface area contributed by atoms with Crippen molar-refractivity contribution in [1.82, 2.24) is 24.8 Å². The molecule has 0 radical (unpaired) electrons. The van der Waals surface area contributed by atoms with E-state index >= 15 is 0 Å². The standard InChI is InChI=1S/C27H25N5/c1-18-5-4-6-25(30-18)26-14-24(23-11-12-29-27(23)31-26)22-13-21(15-28-16-22)20-9-7-19(8-10-20)17-32(2)3/h4-16H,17H2,1-3H3,(H,29,31). The third kappa shape index (κ3) is 4.03. The van der Waals surface area contributed by atoms with Crippen LogP contribution in [0.5, 0.6) is 0 Å². The number of H-pyrrole nitrogens is 1. The number of aromatic amines is 1. The summed E-state index contributed by atoms with van der Waals surface area (Å²) < 4.78 is 0. The highest BCUT2D eigenvalue weighted by Gasteiger charge is 2.12. The van der Waals surface area contributed by atoms with Gasteiger partial charge in [-0.15, -0.1) is 0 Å². The van der Waals surface area contributed by atoms with Crippen molar-refractivity contribution in [2.24, 2.45) is 0 Å². The Morgan fingerprint density at radius 3 is 2.41 bits per heavy atom. The average Bonchev–Trinajstić information content (AvgIpc) is 3.27. The molecule has 0 saturated heterocycles. The summed E-state index contributed by atoms with van der Waals surface area (Å²) in [5.74, 6) is 0. The lowest BCUT2D eigenvalue weighted by atomic mass is 9.99. The van der Waals surface area contributed by atoms with Crippen molar-refractivity contribution in [1.29, 1.82) is 0 Å². The number of fused-ring (bicyclic) bond motifs is 1. The van der Waals surface area contributed by atoms with Crippen molar-refractivity contribution in [2.45, 2.75) is 13.5 Å². The molecule has 5 rings (SSSR count). The summed E-state index contributed by atoms with van der Waals surface area (Å²) in [5.41, 5.74) is 9.21. The Morgan fingerprint density at radius 1 is 0.812 bits per heavy atom. The number of rotatable bonds is 5. The van der Waals surface area contributed by atoms with Crippen molar-refractivity contribution >= 4 is 11.0 Å². The van der Waals surface area contributed by atoms with Gasteiger partial charge in [-0.05, 0) is 68.0 Å². The number of nitrogens with zero attached hydrogens (tertiary/aromatic N) is 4. The minimum absolute atomic E-state index is 0.845. The Kier molecular flexibility index (Phi) is 5.25. The molecule has 0 aliphatic rings. The van der Waals surface area contributed by atoms with Crippen LogP contribution in [-0.2, 0) is 6.54 Å². The summed E-state index contributed by atoms with van der Waals surface area (Å²) >= 11 is 0. The van der Waals surface area contributed by atoms with Crippen molar-refractivity contribution < 1.29 is 0 Å². The minimum atomic E-state index is 0.845. The van der Waals surface area contributed by atoms with Crippen LogP contribution in [0.4, 0.5) is 0 Å². The summed E-state index contributed by atoms with van der Waals surface area (Å²) in [6, 6.07) is 21.1. The molecule has 158 valence electrons. The fraction of sp³-hybridized carbons (Fsp3) is 0.148. The monoisotopic (exact) mass is 419 g/mol. The number of pyridine rings is 3. The van der Waals surface area contributed by atoms with E-state index in [1.54, 1.807) is 0 Å². The predicted molar refractivity (Wildman–Crippen MR) is 130 cm³/mol. The van der Waals surface area contributed by atoms with Crippen molar-refractivity contribution in [3.63, 3.8) is 0 Å². The molecule has 0 atom stereocenters. The first-order valence-electron chi connectivity index (χ1n) is 10.7. The molecule has 0 fully saturated rings. The number of nitrogens with one attached hydrogen (secondary N) is 1. The van der Waals surface area contributed by atoms with Crippen LogP contribution < -0.4 is 0 Å². The first kappa shape index (κ1) is 20.1. The highest BCUT2D eigenvalue weighted by atomic mass is 15.0. The third-order valence-corrected chi connectivity index (χ3v) is 5.51. The van der Waals surface area contributed by atoms with Gasteiger partial charge in [0.25, 0.3) is 0 Å². The van der Waals surface area contributed by atoms with Gasteiger partial charge in [0, 0.05) is 47.3 Å². The van der Waals surface area contributed by atoms with Crippen LogP contribution in [0.15, 0.2) is 79.3 Å². The van der Waals surface area contributed by atoms with Crippen LogP contribution in [0.3, 0.4) is 0 Å². The maximum Gasteiger partial charge on any atom is 0.138 e. The lowest BCUT2D eigenvalue weighted by Gasteiger charge is -2.11. The van der Waals surface area contributed by atoms with Crippen LogP contribution in [0.1, 0.15) is 11.3 Å². The molecule has 0 amide bonds. The van der Waals surface area contributed by atoms with Gasteiger partial charge in [0.2, 0.25) is 0 Å². The molecule has 0 aliphatic carbocycles. The Hall–Kier alpha value is -3.83. The lowest BCUT2D eigenvalue weighted by Crippen LogP contribution is -2.10. The summed E-state index contributed by atoms with van der Waals surface area (Å²) in [7, 11) is 4.16. The lowest BCUT2D eigenvalue weighted by molar-refractivity contribution is 0.402. The maximum atomic E-state index is 4.80. The Bertz CT molecular complexity index is 1380. The first-order valence-corrected chi connectivity index (χ1v) is 10.7. The Labute approximate surface area is 187 Å². The zero-order valence-corrected chi connectivity index (χ0v) is 18.5. The largest absolute Gasteiger partial charge is 0.346 e. The van der Waals surface area contributed by atoms with Gasteiger partial charge in [0.05, 0.1) is 11.4 Å². The highest BCUT2D eigenvalue weighted by Crippen LogP contribution is 2.33. The van der Waals surface area contributed by atoms with Crippen molar-refractivity contribution in [2.75, 3.05) is 14.1 Å². The third-order valence-electron chi connectivity index (χ3n) is 5.51. The summed E-state index contributed by atoms with van der Waals surface area (Å²) in [5, 5.41) is 1.07. The van der Waals surface area contributed by atoms with Crippen molar-refractivity contribution in [3.8, 4) is 33.6 Å². The van der Waals surface area contributed by atoms with E-state index in [4.69, 9.17) is 4.98 Å². The number of hydrogen-bond donors (Lipinski definition) is 1. The van der Waals surface area contributed by atoms with Gasteiger partial charge in [-0.1, -0.05) is 30.3 Å². The zero-order chi connectivity index (χ0) is 22.1.